The summed E-state index contributed by atoms with van der Waals surface area (Å²) in [6, 6.07) is 18.4. The van der Waals surface area contributed by atoms with Crippen LogP contribution in [0.1, 0.15) is 23.1 Å². The number of furan rings is 1. The number of oxazole rings is 1. The zero-order chi connectivity index (χ0) is 16.2. The van der Waals surface area contributed by atoms with Gasteiger partial charge in [-0.25, -0.2) is 4.98 Å². The fourth-order valence-electron chi connectivity index (χ4n) is 2.70. The van der Waals surface area contributed by atoms with Gasteiger partial charge in [-0.2, -0.15) is 0 Å². The molecule has 5 heteroatoms. The highest BCUT2D eigenvalue weighted by atomic mass is 32.1. The molecule has 0 aliphatic heterocycles. The van der Waals surface area contributed by atoms with Crippen molar-refractivity contribution in [1.29, 1.82) is 0 Å². The van der Waals surface area contributed by atoms with Crippen LogP contribution in [0.2, 0.25) is 0 Å². The van der Waals surface area contributed by atoms with Gasteiger partial charge in [0.15, 0.2) is 11.8 Å². The summed E-state index contributed by atoms with van der Waals surface area (Å²) >= 11 is 1.63. The molecule has 2 N–H and O–H groups in total. The maximum absolute atomic E-state index is 5.63. The lowest BCUT2D eigenvalue weighted by atomic mass is 10.0. The first-order valence-corrected chi connectivity index (χ1v) is 8.68. The molecule has 0 saturated heterocycles. The van der Waals surface area contributed by atoms with E-state index in [4.69, 9.17) is 8.83 Å². The Hall–Kier alpha value is -2.63. The molecule has 1 aromatic carbocycles. The number of hydrogen-bond donors (Lipinski definition) is 1. The van der Waals surface area contributed by atoms with E-state index >= 15 is 0 Å². The van der Waals surface area contributed by atoms with Crippen LogP contribution in [0.25, 0.3) is 10.8 Å². The highest BCUT2D eigenvalue weighted by molar-refractivity contribution is 7.13. The summed E-state index contributed by atoms with van der Waals surface area (Å²) < 4.78 is 11.2. The minimum Gasteiger partial charge on any atom is -0.463 e. The first kappa shape index (κ1) is 14.9. The molecule has 0 fully saturated rings. The number of hydrogen-bond acceptors (Lipinski definition) is 4. The van der Waals surface area contributed by atoms with Gasteiger partial charge in [0.25, 0.3) is 0 Å². The van der Waals surface area contributed by atoms with Gasteiger partial charge in [0, 0.05) is 5.56 Å². The Bertz CT molecular complexity index is 867. The van der Waals surface area contributed by atoms with Crippen LogP contribution in [-0.4, -0.2) is 4.98 Å². The zero-order valence-corrected chi connectivity index (χ0v) is 13.8. The third-order valence-corrected chi connectivity index (χ3v) is 4.71. The van der Waals surface area contributed by atoms with E-state index in [1.165, 1.54) is 5.56 Å². The lowest BCUT2D eigenvalue weighted by Crippen LogP contribution is -2.83. The van der Waals surface area contributed by atoms with Crippen LogP contribution in [0.5, 0.6) is 0 Å². The Morgan fingerprint density at radius 2 is 1.92 bits per heavy atom. The first-order chi connectivity index (χ1) is 11.9. The Balaban J connectivity index is 1.52. The maximum atomic E-state index is 5.63. The topological polar surface area (TPSA) is 55.8 Å². The fourth-order valence-corrected chi connectivity index (χ4v) is 3.35. The summed E-state index contributed by atoms with van der Waals surface area (Å²) in [4.78, 5) is 5.63. The number of rotatable bonds is 6. The second-order valence-corrected chi connectivity index (χ2v) is 6.41. The second kappa shape index (κ2) is 6.86. The fraction of sp³-hybridized carbons (Fsp3) is 0.105. The zero-order valence-electron chi connectivity index (χ0n) is 13.0. The number of nitrogens with zero attached hydrogens (tertiary/aromatic N) is 1. The molecule has 0 spiro atoms. The second-order valence-electron chi connectivity index (χ2n) is 5.46. The van der Waals surface area contributed by atoms with Crippen LogP contribution in [-0.2, 0) is 6.54 Å². The molecule has 3 aromatic heterocycles. The van der Waals surface area contributed by atoms with Crippen LogP contribution in [0, 0.1) is 0 Å². The van der Waals surface area contributed by atoms with Crippen LogP contribution in [0.4, 0.5) is 0 Å². The van der Waals surface area contributed by atoms with E-state index in [1.807, 2.05) is 47.8 Å². The molecule has 0 saturated carbocycles. The molecule has 4 rings (SSSR count). The van der Waals surface area contributed by atoms with Crippen LogP contribution < -0.4 is 5.32 Å². The molecule has 0 bridgehead atoms. The minimum atomic E-state index is 0.100. The first-order valence-electron chi connectivity index (χ1n) is 7.80. The van der Waals surface area contributed by atoms with Gasteiger partial charge in [-0.15, -0.1) is 11.3 Å². The molecule has 120 valence electrons. The molecular weight excluding hydrogens is 320 g/mol. The summed E-state index contributed by atoms with van der Waals surface area (Å²) in [5.41, 5.74) is 2.13. The smallest absolute Gasteiger partial charge is 0.236 e. The van der Waals surface area contributed by atoms with Crippen LogP contribution in [0.3, 0.4) is 0 Å². The standard InChI is InChI=1S/C19H16N2O2S/c1-2-6-14(7-3-1)18(16-8-4-10-22-16)20-12-15-13-23-19(21-15)17-9-5-11-24-17/h1-11,13,18,20H,12H2/p+1/t18-/m1/s1. The average Bonchev–Trinajstić information content (AvgIpc) is 3.38. The Labute approximate surface area is 143 Å². The van der Waals surface area contributed by atoms with E-state index in [0.717, 1.165) is 22.9 Å². The number of thiophene rings is 1. The van der Waals surface area contributed by atoms with Gasteiger partial charge >= 0.3 is 0 Å². The van der Waals surface area contributed by atoms with Gasteiger partial charge in [0.05, 0.1) is 11.1 Å². The van der Waals surface area contributed by atoms with Crippen molar-refractivity contribution in [1.82, 2.24) is 4.98 Å². The highest BCUT2D eigenvalue weighted by Gasteiger charge is 2.21. The Morgan fingerprint density at radius 3 is 2.67 bits per heavy atom. The minimum absolute atomic E-state index is 0.100. The van der Waals surface area contributed by atoms with E-state index in [1.54, 1.807) is 23.9 Å². The number of nitrogens with two attached hydrogens (primary N) is 1. The third kappa shape index (κ3) is 3.18. The highest BCUT2D eigenvalue weighted by Crippen LogP contribution is 2.23. The molecule has 0 radical (unpaired) electrons. The van der Waals surface area contributed by atoms with Crippen molar-refractivity contribution < 1.29 is 14.2 Å². The molecule has 3 heterocycles. The molecule has 1 atom stereocenters. The van der Waals surface area contributed by atoms with Crippen LogP contribution >= 0.6 is 11.3 Å². The summed E-state index contributed by atoms with van der Waals surface area (Å²) in [6.07, 6.45) is 3.44. The van der Waals surface area contributed by atoms with Gasteiger partial charge in [-0.3, -0.25) is 0 Å². The number of aromatic nitrogens is 1. The van der Waals surface area contributed by atoms with Crippen molar-refractivity contribution in [3.63, 3.8) is 0 Å². The largest absolute Gasteiger partial charge is 0.463 e. The van der Waals surface area contributed by atoms with E-state index in [-0.39, 0.29) is 6.04 Å². The molecule has 0 amide bonds. The SMILES string of the molecule is c1ccc([C@@H]([NH2+]Cc2coc(-c3cccs3)n2)c2ccco2)cc1. The lowest BCUT2D eigenvalue weighted by molar-refractivity contribution is -0.704. The van der Waals surface area contributed by atoms with Crippen molar-refractivity contribution >= 4 is 11.3 Å². The molecule has 4 nitrogen and oxygen atoms in total. The van der Waals surface area contributed by atoms with Crippen molar-refractivity contribution in [2.45, 2.75) is 12.6 Å². The summed E-state index contributed by atoms with van der Waals surface area (Å²) in [5, 5.41) is 4.23. The Morgan fingerprint density at radius 1 is 1.00 bits per heavy atom. The normalized spacial score (nSPS) is 12.3. The molecule has 0 aliphatic carbocycles. The number of benzene rings is 1. The molecule has 24 heavy (non-hydrogen) atoms. The van der Waals surface area contributed by atoms with E-state index in [0.29, 0.717) is 5.89 Å². The quantitative estimate of drug-likeness (QED) is 0.581. The lowest BCUT2D eigenvalue weighted by Gasteiger charge is -2.12. The number of quaternary nitrogens is 1. The monoisotopic (exact) mass is 337 g/mol. The van der Waals surface area contributed by atoms with Gasteiger partial charge in [0.1, 0.15) is 18.5 Å². The van der Waals surface area contributed by atoms with Gasteiger partial charge < -0.3 is 14.2 Å². The Kier molecular flexibility index (Phi) is 4.27. The summed E-state index contributed by atoms with van der Waals surface area (Å²) in [5.74, 6) is 1.62. The van der Waals surface area contributed by atoms with Crippen LogP contribution in [0.15, 0.2) is 81.3 Å². The summed E-state index contributed by atoms with van der Waals surface area (Å²) in [7, 11) is 0. The maximum Gasteiger partial charge on any atom is 0.236 e. The average molecular weight is 337 g/mol. The van der Waals surface area contributed by atoms with Crippen molar-refractivity contribution in [2.75, 3.05) is 0 Å². The molecule has 0 unspecified atom stereocenters. The molecule has 4 aromatic rings. The van der Waals surface area contributed by atoms with Crippen molar-refractivity contribution in [3.8, 4) is 10.8 Å². The summed E-state index contributed by atoms with van der Waals surface area (Å²) in [6.45, 7) is 0.717. The van der Waals surface area contributed by atoms with Crippen molar-refractivity contribution in [2.24, 2.45) is 0 Å². The van der Waals surface area contributed by atoms with Gasteiger partial charge in [0.2, 0.25) is 5.89 Å². The predicted octanol–water partition coefficient (Wildman–Crippen LogP) is 3.85. The van der Waals surface area contributed by atoms with Crippen molar-refractivity contribution in [3.05, 3.63) is 89.5 Å². The van der Waals surface area contributed by atoms with E-state index in [2.05, 4.69) is 22.4 Å². The third-order valence-electron chi connectivity index (χ3n) is 3.85. The molecule has 0 aliphatic rings. The molecular formula is C19H17N2O2S+. The van der Waals surface area contributed by atoms with E-state index < -0.39 is 0 Å². The van der Waals surface area contributed by atoms with E-state index in [9.17, 15) is 0 Å². The van der Waals surface area contributed by atoms with Gasteiger partial charge in [-0.1, -0.05) is 36.4 Å². The van der Waals surface area contributed by atoms with Gasteiger partial charge in [-0.05, 0) is 23.6 Å². The predicted molar refractivity (Wildman–Crippen MR) is 92.4 cm³/mol.